The molecule has 0 spiro atoms. The van der Waals surface area contributed by atoms with Crippen LogP contribution < -0.4 is 14.8 Å². The third kappa shape index (κ3) is 6.25. The molecule has 0 unspecified atom stereocenters. The fourth-order valence-electron chi connectivity index (χ4n) is 3.35. The van der Waals surface area contributed by atoms with E-state index < -0.39 is 0 Å². The van der Waals surface area contributed by atoms with Crippen molar-refractivity contribution in [2.45, 2.75) is 33.4 Å². The molecule has 0 atom stereocenters. The van der Waals surface area contributed by atoms with Gasteiger partial charge in [-0.2, -0.15) is 0 Å². The molecule has 1 aromatic heterocycles. The van der Waals surface area contributed by atoms with Crippen LogP contribution in [-0.2, 0) is 13.1 Å². The van der Waals surface area contributed by atoms with Crippen molar-refractivity contribution in [1.82, 2.24) is 14.5 Å². The van der Waals surface area contributed by atoms with Gasteiger partial charge in [-0.05, 0) is 44.0 Å². The van der Waals surface area contributed by atoms with Gasteiger partial charge in [0.05, 0.1) is 32.3 Å². The molecule has 0 saturated carbocycles. The smallest absolute Gasteiger partial charge is 0.322 e. The lowest BCUT2D eigenvalue weighted by Gasteiger charge is -2.25. The zero-order valence-corrected chi connectivity index (χ0v) is 18.4. The average Bonchev–Trinajstić information content (AvgIpc) is 3.29. The van der Waals surface area contributed by atoms with Crippen LogP contribution in [-0.4, -0.2) is 40.7 Å². The summed E-state index contributed by atoms with van der Waals surface area (Å²) in [5.74, 6) is 1.44. The Morgan fingerprint density at radius 1 is 1.19 bits per heavy atom. The first kappa shape index (κ1) is 22.2. The van der Waals surface area contributed by atoms with Crippen molar-refractivity contribution in [1.29, 1.82) is 0 Å². The van der Waals surface area contributed by atoms with E-state index in [1.807, 2.05) is 67.1 Å². The summed E-state index contributed by atoms with van der Waals surface area (Å²) in [7, 11) is 1.60. The number of carbonyl (C=O) groups excluding carboxylic acids is 1. The lowest BCUT2D eigenvalue weighted by molar-refractivity contribution is 0.206. The Hall–Kier alpha value is -3.48. The van der Waals surface area contributed by atoms with Crippen molar-refractivity contribution < 1.29 is 14.3 Å². The highest BCUT2D eigenvalue weighted by Crippen LogP contribution is 2.26. The minimum absolute atomic E-state index is 0.181. The SMILES string of the molecule is CCOc1ccccc1CN(CCCn1ccnc1)C(=O)Nc1ccc(C)cc1OC. The van der Waals surface area contributed by atoms with E-state index in [9.17, 15) is 4.79 Å². The van der Waals surface area contributed by atoms with Gasteiger partial charge in [-0.3, -0.25) is 0 Å². The third-order valence-electron chi connectivity index (χ3n) is 4.92. The Labute approximate surface area is 183 Å². The molecule has 164 valence electrons. The Kier molecular flexibility index (Phi) is 7.92. The van der Waals surface area contributed by atoms with Gasteiger partial charge in [0.15, 0.2) is 0 Å². The first-order valence-electron chi connectivity index (χ1n) is 10.5. The van der Waals surface area contributed by atoms with Crippen LogP contribution in [0.5, 0.6) is 11.5 Å². The van der Waals surface area contributed by atoms with E-state index in [-0.39, 0.29) is 6.03 Å². The maximum Gasteiger partial charge on any atom is 0.322 e. The highest BCUT2D eigenvalue weighted by molar-refractivity contribution is 5.91. The number of benzene rings is 2. The van der Waals surface area contributed by atoms with Gasteiger partial charge >= 0.3 is 6.03 Å². The normalized spacial score (nSPS) is 10.5. The molecule has 0 aliphatic carbocycles. The summed E-state index contributed by atoms with van der Waals surface area (Å²) in [6, 6.07) is 13.4. The highest BCUT2D eigenvalue weighted by atomic mass is 16.5. The summed E-state index contributed by atoms with van der Waals surface area (Å²) in [6.45, 7) is 6.32. The number of anilines is 1. The van der Waals surface area contributed by atoms with Crippen molar-refractivity contribution in [3.05, 3.63) is 72.3 Å². The van der Waals surface area contributed by atoms with Gasteiger partial charge in [0.2, 0.25) is 0 Å². The number of carbonyl (C=O) groups is 1. The number of nitrogens with one attached hydrogen (secondary N) is 1. The van der Waals surface area contributed by atoms with E-state index in [1.54, 1.807) is 24.5 Å². The summed E-state index contributed by atoms with van der Waals surface area (Å²) in [5.41, 5.74) is 2.69. The second kappa shape index (κ2) is 11.1. The largest absolute Gasteiger partial charge is 0.495 e. The number of methoxy groups -OCH3 is 1. The Balaban J connectivity index is 1.76. The van der Waals surface area contributed by atoms with Crippen molar-refractivity contribution in [3.8, 4) is 11.5 Å². The number of rotatable bonds is 10. The number of aryl methyl sites for hydroxylation is 2. The van der Waals surface area contributed by atoms with Crippen molar-refractivity contribution in [3.63, 3.8) is 0 Å². The lowest BCUT2D eigenvalue weighted by atomic mass is 10.2. The zero-order chi connectivity index (χ0) is 22.1. The van der Waals surface area contributed by atoms with Gasteiger partial charge in [0, 0.05) is 31.0 Å². The van der Waals surface area contributed by atoms with E-state index in [2.05, 4.69) is 10.3 Å². The number of imidazole rings is 1. The minimum atomic E-state index is -0.181. The quantitative estimate of drug-likeness (QED) is 0.513. The molecule has 1 heterocycles. The second-order valence-electron chi connectivity index (χ2n) is 7.25. The standard InChI is InChI=1S/C24H30N4O3/c1-4-31-22-9-6-5-8-20(22)17-28(14-7-13-27-15-12-25-18-27)24(29)26-21-11-10-19(2)16-23(21)30-3/h5-6,8-12,15-16,18H,4,7,13-14,17H2,1-3H3,(H,26,29). The topological polar surface area (TPSA) is 68.6 Å². The molecule has 7 heteroatoms. The number of para-hydroxylation sites is 1. The Bertz CT molecular complexity index is 973. The number of nitrogens with zero attached hydrogens (tertiary/aromatic N) is 3. The molecule has 1 N–H and O–H groups in total. The summed E-state index contributed by atoms with van der Waals surface area (Å²) >= 11 is 0. The van der Waals surface area contributed by atoms with Gasteiger partial charge in [-0.25, -0.2) is 9.78 Å². The van der Waals surface area contributed by atoms with Crippen LogP contribution in [0.4, 0.5) is 10.5 Å². The molecule has 0 radical (unpaired) electrons. The first-order valence-corrected chi connectivity index (χ1v) is 10.5. The van der Waals surface area contributed by atoms with Gasteiger partial charge in [-0.15, -0.1) is 0 Å². The Morgan fingerprint density at radius 2 is 2.03 bits per heavy atom. The van der Waals surface area contributed by atoms with Gasteiger partial charge < -0.3 is 24.3 Å². The monoisotopic (exact) mass is 422 g/mol. The highest BCUT2D eigenvalue weighted by Gasteiger charge is 2.18. The summed E-state index contributed by atoms with van der Waals surface area (Å²) in [6.07, 6.45) is 6.26. The molecule has 2 amide bonds. The average molecular weight is 423 g/mol. The van der Waals surface area contributed by atoms with Crippen LogP contribution in [0.2, 0.25) is 0 Å². The number of amides is 2. The van der Waals surface area contributed by atoms with E-state index in [0.29, 0.717) is 31.1 Å². The van der Waals surface area contributed by atoms with Gasteiger partial charge in [-0.1, -0.05) is 24.3 Å². The van der Waals surface area contributed by atoms with Crippen LogP contribution in [0.25, 0.3) is 0 Å². The molecular weight excluding hydrogens is 392 g/mol. The predicted octanol–water partition coefficient (Wildman–Crippen LogP) is 4.72. The second-order valence-corrected chi connectivity index (χ2v) is 7.25. The summed E-state index contributed by atoms with van der Waals surface area (Å²) in [5, 5.41) is 3.01. The van der Waals surface area contributed by atoms with E-state index in [0.717, 1.165) is 29.8 Å². The molecule has 0 aliphatic rings. The number of urea groups is 1. The molecule has 0 bridgehead atoms. The molecule has 31 heavy (non-hydrogen) atoms. The van der Waals surface area contributed by atoms with Crippen molar-refractivity contribution in [2.75, 3.05) is 25.6 Å². The molecule has 0 saturated heterocycles. The summed E-state index contributed by atoms with van der Waals surface area (Å²) in [4.78, 5) is 19.1. The maximum atomic E-state index is 13.2. The lowest BCUT2D eigenvalue weighted by Crippen LogP contribution is -2.36. The first-order chi connectivity index (χ1) is 15.1. The van der Waals surface area contributed by atoms with Gasteiger partial charge in [0.25, 0.3) is 0 Å². The number of hydrogen-bond acceptors (Lipinski definition) is 4. The predicted molar refractivity (Wildman–Crippen MR) is 122 cm³/mol. The number of aromatic nitrogens is 2. The molecule has 3 rings (SSSR count). The third-order valence-corrected chi connectivity index (χ3v) is 4.92. The van der Waals surface area contributed by atoms with E-state index >= 15 is 0 Å². The molecular formula is C24H30N4O3. The van der Waals surface area contributed by atoms with Crippen LogP contribution in [0, 0.1) is 6.92 Å². The van der Waals surface area contributed by atoms with Gasteiger partial charge in [0.1, 0.15) is 11.5 Å². The fourth-order valence-corrected chi connectivity index (χ4v) is 3.35. The maximum absolute atomic E-state index is 13.2. The van der Waals surface area contributed by atoms with Crippen molar-refractivity contribution in [2.24, 2.45) is 0 Å². The van der Waals surface area contributed by atoms with E-state index in [4.69, 9.17) is 9.47 Å². The van der Waals surface area contributed by atoms with E-state index in [1.165, 1.54) is 0 Å². The summed E-state index contributed by atoms with van der Waals surface area (Å²) < 4.78 is 13.2. The van der Waals surface area contributed by atoms with Crippen LogP contribution in [0.1, 0.15) is 24.5 Å². The Morgan fingerprint density at radius 3 is 2.77 bits per heavy atom. The fraction of sp³-hybridized carbons (Fsp3) is 0.333. The molecule has 0 fully saturated rings. The zero-order valence-electron chi connectivity index (χ0n) is 18.4. The molecule has 7 nitrogen and oxygen atoms in total. The number of ether oxygens (including phenoxy) is 2. The minimum Gasteiger partial charge on any atom is -0.495 e. The van der Waals surface area contributed by atoms with Crippen LogP contribution in [0.3, 0.4) is 0 Å². The molecule has 0 aliphatic heterocycles. The molecule has 2 aromatic carbocycles. The molecule has 3 aromatic rings. The van der Waals surface area contributed by atoms with Crippen LogP contribution in [0.15, 0.2) is 61.2 Å². The number of hydrogen-bond donors (Lipinski definition) is 1. The van der Waals surface area contributed by atoms with Crippen molar-refractivity contribution >= 4 is 11.7 Å². The van der Waals surface area contributed by atoms with Crippen LogP contribution >= 0.6 is 0 Å².